The molecule has 7 nitrogen and oxygen atoms in total. The third kappa shape index (κ3) is 3.26. The smallest absolute Gasteiger partial charge is 0.407 e. The van der Waals surface area contributed by atoms with E-state index >= 15 is 0 Å². The lowest BCUT2D eigenvalue weighted by Gasteiger charge is -2.38. The summed E-state index contributed by atoms with van der Waals surface area (Å²) in [5.74, 6) is 0. The van der Waals surface area contributed by atoms with Crippen LogP contribution in [0.4, 0.5) is 10.5 Å². The van der Waals surface area contributed by atoms with Crippen molar-refractivity contribution in [2.24, 2.45) is 5.41 Å². The minimum absolute atomic E-state index is 0.0879. The lowest BCUT2D eigenvalue weighted by atomic mass is 9.78. The first-order chi connectivity index (χ1) is 10.8. The van der Waals surface area contributed by atoms with Crippen LogP contribution in [0.25, 0.3) is 0 Å². The van der Waals surface area contributed by atoms with E-state index in [1.807, 2.05) is 0 Å². The molecule has 2 aliphatic rings. The number of amides is 1. The van der Waals surface area contributed by atoms with Crippen molar-refractivity contribution >= 4 is 21.6 Å². The van der Waals surface area contributed by atoms with Gasteiger partial charge in [-0.2, -0.15) is 0 Å². The third-order valence-corrected chi connectivity index (χ3v) is 6.00. The largest absolute Gasteiger partial charge is 0.465 e. The van der Waals surface area contributed by atoms with E-state index in [4.69, 9.17) is 5.11 Å². The number of piperidine rings is 1. The van der Waals surface area contributed by atoms with Crippen LogP contribution in [-0.2, 0) is 9.84 Å². The number of aromatic nitrogens is 1. The Bertz CT molecular complexity index is 694. The molecule has 126 valence electrons. The first kappa shape index (κ1) is 16.0. The standard InChI is InChI=1S/C15H21N3O4S/c1-23(21,22)13-3-2-12(10-16-13)18-9-6-15(11-18)4-7-17(8-5-15)14(19)20/h2-3,10H,4-9,11H2,1H3,(H,19,20). The Morgan fingerprint density at radius 1 is 1.22 bits per heavy atom. The van der Waals surface area contributed by atoms with Gasteiger partial charge in [0.25, 0.3) is 0 Å². The Labute approximate surface area is 135 Å². The summed E-state index contributed by atoms with van der Waals surface area (Å²) in [6.45, 7) is 2.95. The lowest BCUT2D eigenvalue weighted by molar-refractivity contribution is 0.0986. The topological polar surface area (TPSA) is 90.8 Å². The monoisotopic (exact) mass is 339 g/mol. The number of sulfone groups is 1. The van der Waals surface area contributed by atoms with E-state index in [2.05, 4.69) is 9.88 Å². The Balaban J connectivity index is 1.67. The highest BCUT2D eigenvalue weighted by Gasteiger charge is 2.41. The molecule has 0 atom stereocenters. The van der Waals surface area contributed by atoms with Gasteiger partial charge in [-0.25, -0.2) is 18.2 Å². The second kappa shape index (κ2) is 5.67. The van der Waals surface area contributed by atoms with Crippen LogP contribution in [0.5, 0.6) is 0 Å². The van der Waals surface area contributed by atoms with E-state index in [9.17, 15) is 13.2 Å². The van der Waals surface area contributed by atoms with Gasteiger partial charge >= 0.3 is 6.09 Å². The van der Waals surface area contributed by atoms with Crippen molar-refractivity contribution in [2.75, 3.05) is 37.3 Å². The van der Waals surface area contributed by atoms with Crippen LogP contribution in [0.1, 0.15) is 19.3 Å². The molecule has 1 spiro atoms. The second-order valence-corrected chi connectivity index (χ2v) is 8.53. The second-order valence-electron chi connectivity index (χ2n) is 6.57. The van der Waals surface area contributed by atoms with Crippen molar-refractivity contribution in [3.63, 3.8) is 0 Å². The van der Waals surface area contributed by atoms with Crippen molar-refractivity contribution in [1.29, 1.82) is 0 Å². The highest BCUT2D eigenvalue weighted by atomic mass is 32.2. The van der Waals surface area contributed by atoms with E-state index in [1.54, 1.807) is 18.3 Å². The van der Waals surface area contributed by atoms with E-state index in [0.717, 1.165) is 44.3 Å². The predicted octanol–water partition coefficient (Wildman–Crippen LogP) is 1.46. The van der Waals surface area contributed by atoms with E-state index < -0.39 is 15.9 Å². The molecule has 0 bridgehead atoms. The van der Waals surface area contributed by atoms with Crippen LogP contribution in [0.3, 0.4) is 0 Å². The van der Waals surface area contributed by atoms with Crippen LogP contribution in [-0.4, -0.2) is 61.9 Å². The summed E-state index contributed by atoms with van der Waals surface area (Å²) in [4.78, 5) is 18.8. The van der Waals surface area contributed by atoms with Gasteiger partial charge in [0.2, 0.25) is 0 Å². The molecular formula is C15H21N3O4S. The summed E-state index contributed by atoms with van der Waals surface area (Å²) in [5, 5.41) is 9.14. The number of carboxylic acid groups (broad SMARTS) is 1. The molecule has 0 saturated carbocycles. The van der Waals surface area contributed by atoms with Gasteiger partial charge in [-0.1, -0.05) is 0 Å². The van der Waals surface area contributed by atoms with Gasteiger partial charge in [-0.05, 0) is 36.8 Å². The minimum atomic E-state index is -3.28. The van der Waals surface area contributed by atoms with Crippen molar-refractivity contribution < 1.29 is 18.3 Å². The van der Waals surface area contributed by atoms with Crippen molar-refractivity contribution in [3.8, 4) is 0 Å². The molecule has 2 fully saturated rings. The van der Waals surface area contributed by atoms with Gasteiger partial charge in [0, 0.05) is 32.4 Å². The Hall–Kier alpha value is -1.83. The van der Waals surface area contributed by atoms with Crippen molar-refractivity contribution in [1.82, 2.24) is 9.88 Å². The van der Waals surface area contributed by atoms with Crippen LogP contribution in [0, 0.1) is 5.41 Å². The zero-order valence-corrected chi connectivity index (χ0v) is 13.9. The zero-order chi connectivity index (χ0) is 16.7. The molecule has 0 aliphatic carbocycles. The third-order valence-electron chi connectivity index (χ3n) is 5.00. The number of anilines is 1. The predicted molar refractivity (Wildman–Crippen MR) is 85.4 cm³/mol. The van der Waals surface area contributed by atoms with Crippen LogP contribution in [0.2, 0.25) is 0 Å². The fourth-order valence-electron chi connectivity index (χ4n) is 3.51. The molecule has 1 aromatic rings. The molecule has 8 heteroatoms. The summed E-state index contributed by atoms with van der Waals surface area (Å²) in [5.41, 5.74) is 1.09. The minimum Gasteiger partial charge on any atom is -0.465 e. The highest BCUT2D eigenvalue weighted by Crippen LogP contribution is 2.41. The molecule has 2 aliphatic heterocycles. The molecule has 3 rings (SSSR count). The number of rotatable bonds is 2. The average molecular weight is 339 g/mol. The van der Waals surface area contributed by atoms with Gasteiger partial charge in [0.1, 0.15) is 0 Å². The van der Waals surface area contributed by atoms with E-state index in [1.165, 1.54) is 4.90 Å². The van der Waals surface area contributed by atoms with E-state index in [0.29, 0.717) is 13.1 Å². The SMILES string of the molecule is CS(=O)(=O)c1ccc(N2CCC3(CCN(C(=O)O)CC3)C2)cn1. The number of nitrogens with zero attached hydrogens (tertiary/aromatic N) is 3. The molecular weight excluding hydrogens is 318 g/mol. The maximum atomic E-state index is 11.5. The quantitative estimate of drug-likeness (QED) is 0.877. The van der Waals surface area contributed by atoms with Crippen molar-refractivity contribution in [2.45, 2.75) is 24.3 Å². The molecule has 2 saturated heterocycles. The van der Waals surface area contributed by atoms with E-state index in [-0.39, 0.29) is 10.4 Å². The molecule has 0 aromatic carbocycles. The number of likely N-dealkylation sites (tertiary alicyclic amines) is 1. The van der Waals surface area contributed by atoms with Crippen molar-refractivity contribution in [3.05, 3.63) is 18.3 Å². The summed E-state index contributed by atoms with van der Waals surface area (Å²) in [6.07, 6.45) is 4.72. The van der Waals surface area contributed by atoms with Crippen LogP contribution < -0.4 is 4.90 Å². The van der Waals surface area contributed by atoms with Gasteiger partial charge in [-0.3, -0.25) is 0 Å². The number of hydrogen-bond donors (Lipinski definition) is 1. The summed E-state index contributed by atoms with van der Waals surface area (Å²) >= 11 is 0. The molecule has 23 heavy (non-hydrogen) atoms. The van der Waals surface area contributed by atoms with Gasteiger partial charge in [0.05, 0.1) is 11.9 Å². The fraction of sp³-hybridized carbons (Fsp3) is 0.600. The summed E-state index contributed by atoms with van der Waals surface area (Å²) in [7, 11) is -3.28. The van der Waals surface area contributed by atoms with Crippen LogP contribution >= 0.6 is 0 Å². The highest BCUT2D eigenvalue weighted by molar-refractivity contribution is 7.90. The fourth-order valence-corrected chi connectivity index (χ4v) is 4.07. The normalized spacial score (nSPS) is 20.9. The number of hydrogen-bond acceptors (Lipinski definition) is 5. The Morgan fingerprint density at radius 3 is 2.39 bits per heavy atom. The van der Waals surface area contributed by atoms with Crippen LogP contribution in [0.15, 0.2) is 23.4 Å². The summed E-state index contributed by atoms with van der Waals surface area (Å²) in [6, 6.07) is 3.34. The molecule has 0 unspecified atom stereocenters. The average Bonchev–Trinajstić information content (AvgIpc) is 2.91. The van der Waals surface area contributed by atoms with Gasteiger partial charge < -0.3 is 14.9 Å². The molecule has 1 amide bonds. The van der Waals surface area contributed by atoms with Gasteiger partial charge in [-0.15, -0.1) is 0 Å². The van der Waals surface area contributed by atoms with Gasteiger partial charge in [0.15, 0.2) is 14.9 Å². The Morgan fingerprint density at radius 2 is 1.87 bits per heavy atom. The maximum Gasteiger partial charge on any atom is 0.407 e. The Kier molecular flexibility index (Phi) is 3.95. The lowest BCUT2D eigenvalue weighted by Crippen LogP contribution is -2.43. The molecule has 1 N–H and O–H groups in total. The first-order valence-corrected chi connectivity index (χ1v) is 9.57. The first-order valence-electron chi connectivity index (χ1n) is 7.68. The zero-order valence-electron chi connectivity index (χ0n) is 13.1. The number of carbonyl (C=O) groups is 1. The summed E-state index contributed by atoms with van der Waals surface area (Å²) < 4.78 is 22.9. The maximum absolute atomic E-state index is 11.5. The number of pyridine rings is 1. The molecule has 0 radical (unpaired) electrons. The molecule has 1 aromatic heterocycles. The molecule has 3 heterocycles.